The van der Waals surface area contributed by atoms with Crippen molar-refractivity contribution in [3.63, 3.8) is 0 Å². The Morgan fingerprint density at radius 2 is 1.70 bits per heavy atom. The van der Waals surface area contributed by atoms with Crippen LogP contribution in [0.3, 0.4) is 0 Å². The molecule has 0 aliphatic carbocycles. The molecule has 2 aromatic carbocycles. The number of sulfonamides is 1. The van der Waals surface area contributed by atoms with Crippen molar-refractivity contribution in [1.29, 1.82) is 0 Å². The summed E-state index contributed by atoms with van der Waals surface area (Å²) in [5, 5.41) is 11.3. The van der Waals surface area contributed by atoms with Gasteiger partial charge < -0.3 is 14.8 Å². The van der Waals surface area contributed by atoms with Gasteiger partial charge in [0.05, 0.1) is 12.0 Å². The molecule has 0 atom stereocenters. The van der Waals surface area contributed by atoms with Crippen molar-refractivity contribution < 1.29 is 22.7 Å². The molecule has 0 unspecified atom stereocenters. The molecule has 3 rings (SSSR count). The van der Waals surface area contributed by atoms with Gasteiger partial charge in [0, 0.05) is 5.69 Å². The first-order valence-electron chi connectivity index (χ1n) is 8.91. The molecule has 1 amide bonds. The van der Waals surface area contributed by atoms with E-state index in [9.17, 15) is 13.2 Å². The van der Waals surface area contributed by atoms with Gasteiger partial charge in [0.1, 0.15) is 16.5 Å². The van der Waals surface area contributed by atoms with Crippen LogP contribution in [0.15, 0.2) is 53.4 Å². The van der Waals surface area contributed by atoms with Crippen LogP contribution in [0.1, 0.15) is 11.9 Å². The molecular formula is C19H20N4O5S2. The molecule has 0 saturated carbocycles. The van der Waals surface area contributed by atoms with E-state index in [1.807, 2.05) is 6.92 Å². The molecule has 0 saturated heterocycles. The number of aromatic nitrogens is 2. The lowest BCUT2D eigenvalue weighted by Gasteiger charge is -2.09. The third-order valence-electron chi connectivity index (χ3n) is 3.87. The zero-order valence-corrected chi connectivity index (χ0v) is 17.9. The number of carbonyl (C=O) groups is 1. The second-order valence-corrected chi connectivity index (χ2v) is 8.74. The van der Waals surface area contributed by atoms with Gasteiger partial charge in [0.2, 0.25) is 5.13 Å². The molecule has 0 bridgehead atoms. The number of amides is 1. The Morgan fingerprint density at radius 1 is 1.03 bits per heavy atom. The number of benzene rings is 2. The molecule has 158 valence electrons. The largest absolute Gasteiger partial charge is 0.497 e. The Labute approximate surface area is 178 Å². The van der Waals surface area contributed by atoms with E-state index in [-0.39, 0.29) is 22.5 Å². The molecule has 1 heterocycles. The van der Waals surface area contributed by atoms with E-state index >= 15 is 0 Å². The zero-order valence-electron chi connectivity index (χ0n) is 16.3. The van der Waals surface area contributed by atoms with Gasteiger partial charge in [-0.3, -0.25) is 9.52 Å². The topological polar surface area (TPSA) is 120 Å². The number of hydrogen-bond donors (Lipinski definition) is 2. The van der Waals surface area contributed by atoms with E-state index in [1.54, 1.807) is 31.4 Å². The molecule has 2 N–H and O–H groups in total. The van der Waals surface area contributed by atoms with Crippen LogP contribution in [0, 0.1) is 0 Å². The molecular weight excluding hydrogens is 428 g/mol. The molecule has 30 heavy (non-hydrogen) atoms. The minimum atomic E-state index is -3.80. The zero-order chi connectivity index (χ0) is 21.6. The van der Waals surface area contributed by atoms with E-state index in [2.05, 4.69) is 20.2 Å². The van der Waals surface area contributed by atoms with Crippen LogP contribution in [-0.2, 0) is 21.2 Å². The van der Waals surface area contributed by atoms with Gasteiger partial charge in [-0.1, -0.05) is 18.3 Å². The minimum absolute atomic E-state index is 0.0447. The lowest BCUT2D eigenvalue weighted by Crippen LogP contribution is -2.20. The standard InChI is InChI=1S/C19H20N4O5S2/c1-3-18-21-22-19(29-18)23-30(25,26)16-10-4-13(5-11-16)20-17(24)12-28-15-8-6-14(27-2)7-9-15/h4-11H,3,12H2,1-2H3,(H,20,24)(H,22,23). The summed E-state index contributed by atoms with van der Waals surface area (Å²) in [6.07, 6.45) is 0.677. The highest BCUT2D eigenvalue weighted by Crippen LogP contribution is 2.21. The van der Waals surface area contributed by atoms with E-state index < -0.39 is 10.0 Å². The summed E-state index contributed by atoms with van der Waals surface area (Å²) in [5.74, 6) is 0.843. The van der Waals surface area contributed by atoms with Gasteiger partial charge in [0.25, 0.3) is 15.9 Å². The molecule has 0 aliphatic rings. The molecule has 0 radical (unpaired) electrons. The SMILES string of the molecule is CCc1nnc(NS(=O)(=O)c2ccc(NC(=O)COc3ccc(OC)cc3)cc2)s1. The van der Waals surface area contributed by atoms with Crippen molar-refractivity contribution in [3.8, 4) is 11.5 Å². The number of rotatable bonds is 9. The van der Waals surface area contributed by atoms with E-state index in [4.69, 9.17) is 9.47 Å². The Kier molecular flexibility index (Phi) is 6.85. The van der Waals surface area contributed by atoms with Gasteiger partial charge in [-0.2, -0.15) is 0 Å². The summed E-state index contributed by atoms with van der Waals surface area (Å²) in [6.45, 7) is 1.72. The normalized spacial score (nSPS) is 11.0. The number of hydrogen-bond acceptors (Lipinski definition) is 8. The number of nitrogens with zero attached hydrogens (tertiary/aromatic N) is 2. The maximum Gasteiger partial charge on any atom is 0.263 e. The van der Waals surface area contributed by atoms with Crippen molar-refractivity contribution in [1.82, 2.24) is 10.2 Å². The van der Waals surface area contributed by atoms with Gasteiger partial charge in [0.15, 0.2) is 6.61 Å². The van der Waals surface area contributed by atoms with Gasteiger partial charge in [-0.25, -0.2) is 8.42 Å². The second-order valence-electron chi connectivity index (χ2n) is 6.00. The Morgan fingerprint density at radius 3 is 2.30 bits per heavy atom. The average molecular weight is 449 g/mol. The Hall–Kier alpha value is -3.18. The Bertz CT molecular complexity index is 1100. The fourth-order valence-corrected chi connectivity index (χ4v) is 4.26. The van der Waals surface area contributed by atoms with Crippen LogP contribution in [0.4, 0.5) is 10.8 Å². The van der Waals surface area contributed by atoms with Gasteiger partial charge >= 0.3 is 0 Å². The fraction of sp³-hybridized carbons (Fsp3) is 0.211. The third-order valence-corrected chi connectivity index (χ3v) is 6.34. The van der Waals surface area contributed by atoms with Crippen LogP contribution in [-0.4, -0.2) is 38.2 Å². The smallest absolute Gasteiger partial charge is 0.263 e. The molecule has 3 aromatic rings. The number of nitrogens with one attached hydrogen (secondary N) is 2. The summed E-state index contributed by atoms with van der Waals surface area (Å²) < 4.78 is 37.8. The van der Waals surface area contributed by atoms with Crippen molar-refractivity contribution in [2.75, 3.05) is 23.8 Å². The number of aryl methyl sites for hydroxylation is 1. The molecule has 11 heteroatoms. The summed E-state index contributed by atoms with van der Waals surface area (Å²) in [5.41, 5.74) is 0.446. The van der Waals surface area contributed by atoms with Crippen LogP contribution in [0.5, 0.6) is 11.5 Å². The predicted octanol–water partition coefficient (Wildman–Crippen LogP) is 2.93. The maximum atomic E-state index is 12.4. The fourth-order valence-electron chi connectivity index (χ4n) is 2.35. The highest BCUT2D eigenvalue weighted by molar-refractivity contribution is 7.93. The summed E-state index contributed by atoms with van der Waals surface area (Å²) in [7, 11) is -2.23. The third kappa shape index (κ3) is 5.67. The first-order valence-corrected chi connectivity index (χ1v) is 11.2. The van der Waals surface area contributed by atoms with E-state index in [1.165, 1.54) is 35.6 Å². The lowest BCUT2D eigenvalue weighted by molar-refractivity contribution is -0.118. The average Bonchev–Trinajstić information content (AvgIpc) is 3.20. The van der Waals surface area contributed by atoms with Crippen LogP contribution >= 0.6 is 11.3 Å². The summed E-state index contributed by atoms with van der Waals surface area (Å²) in [6, 6.07) is 12.6. The molecule has 0 spiro atoms. The van der Waals surface area contributed by atoms with Gasteiger partial charge in [-0.15, -0.1) is 10.2 Å². The molecule has 9 nitrogen and oxygen atoms in total. The second kappa shape index (κ2) is 9.55. The summed E-state index contributed by atoms with van der Waals surface area (Å²) in [4.78, 5) is 12.1. The first kappa shape index (κ1) is 21.5. The van der Waals surface area contributed by atoms with Crippen LogP contribution in [0.2, 0.25) is 0 Å². The quantitative estimate of drug-likeness (QED) is 0.516. The van der Waals surface area contributed by atoms with E-state index in [0.29, 0.717) is 23.6 Å². The number of carbonyl (C=O) groups excluding carboxylic acids is 1. The minimum Gasteiger partial charge on any atom is -0.497 e. The highest BCUT2D eigenvalue weighted by Gasteiger charge is 2.17. The van der Waals surface area contributed by atoms with Crippen molar-refractivity contribution in [3.05, 3.63) is 53.5 Å². The number of methoxy groups -OCH3 is 1. The van der Waals surface area contributed by atoms with Crippen molar-refractivity contribution >= 4 is 38.1 Å². The molecule has 1 aromatic heterocycles. The van der Waals surface area contributed by atoms with Crippen molar-refractivity contribution in [2.45, 2.75) is 18.2 Å². The van der Waals surface area contributed by atoms with Gasteiger partial charge in [-0.05, 0) is 55.0 Å². The van der Waals surface area contributed by atoms with Crippen molar-refractivity contribution in [2.24, 2.45) is 0 Å². The monoisotopic (exact) mass is 448 g/mol. The highest BCUT2D eigenvalue weighted by atomic mass is 32.2. The number of anilines is 2. The molecule has 0 aliphatic heterocycles. The maximum absolute atomic E-state index is 12.4. The van der Waals surface area contributed by atoms with Crippen LogP contribution < -0.4 is 19.5 Å². The first-order chi connectivity index (χ1) is 14.4. The van der Waals surface area contributed by atoms with Crippen LogP contribution in [0.25, 0.3) is 0 Å². The summed E-state index contributed by atoms with van der Waals surface area (Å²) >= 11 is 1.18. The molecule has 0 fully saturated rings. The predicted molar refractivity (Wildman–Crippen MR) is 114 cm³/mol. The van der Waals surface area contributed by atoms with E-state index in [0.717, 1.165) is 5.01 Å². The number of ether oxygens (including phenoxy) is 2. The lowest BCUT2D eigenvalue weighted by atomic mass is 10.3. The Balaban J connectivity index is 1.55.